The van der Waals surface area contributed by atoms with Crippen LogP contribution in [0.3, 0.4) is 0 Å². The third-order valence-electron chi connectivity index (χ3n) is 3.43. The molecule has 0 amide bonds. The molecule has 0 aliphatic rings. The van der Waals surface area contributed by atoms with Gasteiger partial charge < -0.3 is 10.1 Å². The first-order chi connectivity index (χ1) is 11.6. The molecule has 1 atom stereocenters. The van der Waals surface area contributed by atoms with Crippen LogP contribution < -0.4 is 5.32 Å². The SMILES string of the molecule is CCOC(=O)C(CNc1ccc([N+](=O)[O-])cn1)Cc1ccccc1. The Morgan fingerprint density at radius 1 is 1.29 bits per heavy atom. The summed E-state index contributed by atoms with van der Waals surface area (Å²) in [4.78, 5) is 26.2. The van der Waals surface area contributed by atoms with Gasteiger partial charge in [0.2, 0.25) is 0 Å². The summed E-state index contributed by atoms with van der Waals surface area (Å²) in [5.41, 5.74) is 0.959. The van der Waals surface area contributed by atoms with E-state index in [1.54, 1.807) is 6.92 Å². The highest BCUT2D eigenvalue weighted by atomic mass is 16.6. The molecule has 0 spiro atoms. The Morgan fingerprint density at radius 2 is 2.04 bits per heavy atom. The van der Waals surface area contributed by atoms with Gasteiger partial charge >= 0.3 is 5.97 Å². The van der Waals surface area contributed by atoms with E-state index in [1.165, 1.54) is 18.3 Å². The number of nitrogens with one attached hydrogen (secondary N) is 1. The fourth-order valence-corrected chi connectivity index (χ4v) is 2.22. The number of rotatable bonds is 8. The van der Waals surface area contributed by atoms with Crippen LogP contribution in [0.15, 0.2) is 48.7 Å². The van der Waals surface area contributed by atoms with Crippen LogP contribution in [0, 0.1) is 16.0 Å². The fourth-order valence-electron chi connectivity index (χ4n) is 2.22. The van der Waals surface area contributed by atoms with Crippen LogP contribution in [0.2, 0.25) is 0 Å². The maximum atomic E-state index is 12.1. The minimum absolute atomic E-state index is 0.0771. The third-order valence-corrected chi connectivity index (χ3v) is 3.43. The van der Waals surface area contributed by atoms with Gasteiger partial charge in [0.05, 0.1) is 17.4 Å². The molecule has 0 saturated carbocycles. The molecule has 1 unspecified atom stereocenters. The first kappa shape index (κ1) is 17.4. The van der Waals surface area contributed by atoms with Crippen LogP contribution in [-0.2, 0) is 16.0 Å². The highest BCUT2D eigenvalue weighted by molar-refractivity contribution is 5.73. The van der Waals surface area contributed by atoms with Gasteiger partial charge in [-0.1, -0.05) is 30.3 Å². The molecular formula is C17H19N3O4. The predicted octanol–water partition coefficient (Wildman–Crippen LogP) is 2.82. The summed E-state index contributed by atoms with van der Waals surface area (Å²) < 4.78 is 5.13. The number of pyridine rings is 1. The zero-order valence-electron chi connectivity index (χ0n) is 13.3. The van der Waals surface area contributed by atoms with Gasteiger partial charge in [0.15, 0.2) is 0 Å². The van der Waals surface area contributed by atoms with Gasteiger partial charge in [-0.15, -0.1) is 0 Å². The van der Waals surface area contributed by atoms with Crippen LogP contribution in [0.4, 0.5) is 11.5 Å². The van der Waals surface area contributed by atoms with Crippen molar-refractivity contribution in [2.75, 3.05) is 18.5 Å². The van der Waals surface area contributed by atoms with Gasteiger partial charge in [0.1, 0.15) is 12.0 Å². The van der Waals surface area contributed by atoms with E-state index < -0.39 is 4.92 Å². The van der Waals surface area contributed by atoms with Crippen molar-refractivity contribution in [2.45, 2.75) is 13.3 Å². The molecule has 126 valence electrons. The summed E-state index contributed by atoms with van der Waals surface area (Å²) in [6.07, 6.45) is 1.72. The molecule has 0 bridgehead atoms. The normalized spacial score (nSPS) is 11.5. The van der Waals surface area contributed by atoms with Gasteiger partial charge in [-0.05, 0) is 25.0 Å². The van der Waals surface area contributed by atoms with Crippen molar-refractivity contribution in [2.24, 2.45) is 5.92 Å². The van der Waals surface area contributed by atoms with Crippen molar-refractivity contribution in [3.8, 4) is 0 Å². The molecule has 7 nitrogen and oxygen atoms in total. The van der Waals surface area contributed by atoms with E-state index in [0.717, 1.165) is 5.56 Å². The summed E-state index contributed by atoms with van der Waals surface area (Å²) in [5.74, 6) is -0.178. The zero-order chi connectivity index (χ0) is 17.4. The van der Waals surface area contributed by atoms with E-state index in [1.807, 2.05) is 30.3 Å². The monoisotopic (exact) mass is 329 g/mol. The topological polar surface area (TPSA) is 94.4 Å². The molecule has 0 saturated heterocycles. The maximum Gasteiger partial charge on any atom is 0.311 e. The van der Waals surface area contributed by atoms with E-state index in [-0.39, 0.29) is 17.6 Å². The lowest BCUT2D eigenvalue weighted by atomic mass is 9.99. The highest BCUT2D eigenvalue weighted by Gasteiger charge is 2.20. The van der Waals surface area contributed by atoms with Crippen LogP contribution in [0.1, 0.15) is 12.5 Å². The maximum absolute atomic E-state index is 12.1. The number of ether oxygens (including phenoxy) is 1. The van der Waals surface area contributed by atoms with Crippen molar-refractivity contribution in [1.29, 1.82) is 0 Å². The van der Waals surface area contributed by atoms with Crippen LogP contribution in [0.5, 0.6) is 0 Å². The fraction of sp³-hybridized carbons (Fsp3) is 0.294. The number of nitro groups is 1. The van der Waals surface area contributed by atoms with E-state index in [2.05, 4.69) is 10.3 Å². The standard InChI is InChI=1S/C17H19N3O4/c1-2-24-17(21)14(10-13-6-4-3-5-7-13)11-18-16-9-8-15(12-19-16)20(22)23/h3-9,12,14H,2,10-11H2,1H3,(H,18,19). The molecular weight excluding hydrogens is 310 g/mol. The van der Waals surface area contributed by atoms with Crippen molar-refractivity contribution in [3.05, 3.63) is 64.3 Å². The average molecular weight is 329 g/mol. The number of hydrogen-bond acceptors (Lipinski definition) is 6. The zero-order valence-corrected chi connectivity index (χ0v) is 13.3. The van der Waals surface area contributed by atoms with Crippen molar-refractivity contribution < 1.29 is 14.5 Å². The number of carbonyl (C=O) groups is 1. The Labute approximate surface area is 139 Å². The van der Waals surface area contributed by atoms with Crippen LogP contribution >= 0.6 is 0 Å². The molecule has 1 aromatic carbocycles. The third kappa shape index (κ3) is 5.05. The number of nitrogens with zero attached hydrogens (tertiary/aromatic N) is 2. The average Bonchev–Trinajstić information content (AvgIpc) is 2.60. The first-order valence-corrected chi connectivity index (χ1v) is 7.65. The molecule has 1 N–H and O–H groups in total. The Hall–Kier alpha value is -2.96. The van der Waals surface area contributed by atoms with Gasteiger partial charge in [-0.25, -0.2) is 4.98 Å². The lowest BCUT2D eigenvalue weighted by Crippen LogP contribution is -2.27. The molecule has 1 heterocycles. The number of aromatic nitrogens is 1. The number of esters is 1. The Kier molecular flexibility index (Phi) is 6.24. The molecule has 7 heteroatoms. The lowest BCUT2D eigenvalue weighted by Gasteiger charge is -2.16. The predicted molar refractivity (Wildman–Crippen MR) is 89.7 cm³/mol. The second kappa shape index (κ2) is 8.61. The molecule has 0 fully saturated rings. The summed E-state index contributed by atoms with van der Waals surface area (Å²) in [5, 5.41) is 13.7. The second-order valence-electron chi connectivity index (χ2n) is 5.18. The first-order valence-electron chi connectivity index (χ1n) is 7.65. The molecule has 1 aromatic heterocycles. The molecule has 0 aliphatic heterocycles. The van der Waals surface area contributed by atoms with E-state index in [9.17, 15) is 14.9 Å². The van der Waals surface area contributed by atoms with Crippen LogP contribution in [-0.4, -0.2) is 29.0 Å². The number of benzene rings is 1. The van der Waals surface area contributed by atoms with E-state index in [4.69, 9.17) is 4.74 Å². The van der Waals surface area contributed by atoms with Gasteiger partial charge in [-0.2, -0.15) is 0 Å². The van der Waals surface area contributed by atoms with Crippen molar-refractivity contribution in [1.82, 2.24) is 4.98 Å². The highest BCUT2D eigenvalue weighted by Crippen LogP contribution is 2.15. The summed E-state index contributed by atoms with van der Waals surface area (Å²) in [7, 11) is 0. The Balaban J connectivity index is 2.01. The molecule has 2 rings (SSSR count). The summed E-state index contributed by atoms with van der Waals surface area (Å²) in [6.45, 7) is 2.42. The summed E-state index contributed by atoms with van der Waals surface area (Å²) in [6, 6.07) is 12.6. The summed E-state index contributed by atoms with van der Waals surface area (Å²) >= 11 is 0. The van der Waals surface area contributed by atoms with E-state index in [0.29, 0.717) is 25.4 Å². The van der Waals surface area contributed by atoms with Crippen molar-refractivity contribution in [3.63, 3.8) is 0 Å². The second-order valence-corrected chi connectivity index (χ2v) is 5.18. The quantitative estimate of drug-likeness (QED) is 0.454. The van der Waals surface area contributed by atoms with Gasteiger partial charge in [-0.3, -0.25) is 14.9 Å². The van der Waals surface area contributed by atoms with Gasteiger partial charge in [0, 0.05) is 12.6 Å². The van der Waals surface area contributed by atoms with Crippen LogP contribution in [0.25, 0.3) is 0 Å². The number of hydrogen-bond donors (Lipinski definition) is 1. The number of carbonyl (C=O) groups excluding carboxylic acids is 1. The molecule has 0 aliphatic carbocycles. The number of anilines is 1. The van der Waals surface area contributed by atoms with Crippen molar-refractivity contribution >= 4 is 17.5 Å². The minimum atomic E-state index is -0.506. The minimum Gasteiger partial charge on any atom is -0.466 e. The lowest BCUT2D eigenvalue weighted by molar-refractivity contribution is -0.385. The molecule has 24 heavy (non-hydrogen) atoms. The Bertz CT molecular complexity index is 674. The molecule has 2 aromatic rings. The largest absolute Gasteiger partial charge is 0.466 e. The van der Waals surface area contributed by atoms with Gasteiger partial charge in [0.25, 0.3) is 5.69 Å². The molecule has 0 radical (unpaired) electrons. The van der Waals surface area contributed by atoms with E-state index >= 15 is 0 Å². The smallest absolute Gasteiger partial charge is 0.311 e. The Morgan fingerprint density at radius 3 is 2.62 bits per heavy atom.